The average Bonchev–Trinajstić information content (AvgIpc) is 2.51. The number of benzene rings is 1. The van der Waals surface area contributed by atoms with Crippen LogP contribution in [0.5, 0.6) is 5.75 Å². The Hall–Kier alpha value is -2.57. The van der Waals surface area contributed by atoms with Crippen molar-refractivity contribution in [1.29, 1.82) is 0 Å². The van der Waals surface area contributed by atoms with Crippen LogP contribution in [0.2, 0.25) is 0 Å². The lowest BCUT2D eigenvalue weighted by Gasteiger charge is -2.13. The van der Waals surface area contributed by atoms with E-state index in [2.05, 4.69) is 10.1 Å². The van der Waals surface area contributed by atoms with Crippen molar-refractivity contribution >= 4 is 23.5 Å². The van der Waals surface area contributed by atoms with Gasteiger partial charge in [0.15, 0.2) is 0 Å². The van der Waals surface area contributed by atoms with Crippen LogP contribution in [-0.4, -0.2) is 36.7 Å². The summed E-state index contributed by atoms with van der Waals surface area (Å²) >= 11 is 0. The summed E-state index contributed by atoms with van der Waals surface area (Å²) in [5.74, 6) is -1.63. The molecule has 0 heterocycles. The van der Waals surface area contributed by atoms with Crippen LogP contribution in [0.4, 0.5) is 5.69 Å². The minimum Gasteiger partial charge on any atom is -0.491 e. The molecule has 0 unspecified atom stereocenters. The zero-order valence-corrected chi connectivity index (χ0v) is 12.5. The van der Waals surface area contributed by atoms with Crippen molar-refractivity contribution in [3.63, 3.8) is 0 Å². The maximum absolute atomic E-state index is 11.8. The fraction of sp³-hybridized carbons (Fsp3) is 0.400. The standard InChI is InChI=1S/C15H19NO6/c1-3-8-22-12-5-4-10(15(19)20)9-11(12)16-13(17)6-7-14(18)21-2/h4-5,9H,3,6-8H2,1-2H3,(H,16,17)(H,19,20). The Labute approximate surface area is 128 Å². The minimum atomic E-state index is -1.10. The van der Waals surface area contributed by atoms with Gasteiger partial charge < -0.3 is 19.9 Å². The van der Waals surface area contributed by atoms with Gasteiger partial charge in [-0.15, -0.1) is 0 Å². The number of aromatic carboxylic acids is 1. The van der Waals surface area contributed by atoms with Crippen LogP contribution >= 0.6 is 0 Å². The number of esters is 1. The Morgan fingerprint density at radius 2 is 1.95 bits per heavy atom. The molecule has 7 nitrogen and oxygen atoms in total. The molecule has 7 heteroatoms. The number of rotatable bonds is 8. The molecule has 0 bridgehead atoms. The van der Waals surface area contributed by atoms with Crippen molar-refractivity contribution in [2.24, 2.45) is 0 Å². The van der Waals surface area contributed by atoms with Gasteiger partial charge in [-0.1, -0.05) is 6.92 Å². The van der Waals surface area contributed by atoms with Gasteiger partial charge in [0.05, 0.1) is 31.4 Å². The van der Waals surface area contributed by atoms with Crippen molar-refractivity contribution in [3.05, 3.63) is 23.8 Å². The second kappa shape index (κ2) is 8.66. The highest BCUT2D eigenvalue weighted by atomic mass is 16.5. The van der Waals surface area contributed by atoms with Gasteiger partial charge in [0, 0.05) is 6.42 Å². The molecule has 0 saturated heterocycles. The largest absolute Gasteiger partial charge is 0.491 e. The number of anilines is 1. The van der Waals surface area contributed by atoms with Crippen molar-refractivity contribution in [1.82, 2.24) is 0 Å². The van der Waals surface area contributed by atoms with Crippen molar-refractivity contribution < 1.29 is 29.0 Å². The summed E-state index contributed by atoms with van der Waals surface area (Å²) in [5, 5.41) is 11.6. The fourth-order valence-corrected chi connectivity index (χ4v) is 1.63. The van der Waals surface area contributed by atoms with E-state index in [9.17, 15) is 14.4 Å². The maximum atomic E-state index is 11.8. The number of carboxylic acid groups (broad SMARTS) is 1. The van der Waals surface area contributed by atoms with E-state index in [1.54, 1.807) is 0 Å². The maximum Gasteiger partial charge on any atom is 0.335 e. The van der Waals surface area contributed by atoms with Gasteiger partial charge >= 0.3 is 11.9 Å². The van der Waals surface area contributed by atoms with Gasteiger partial charge in [0.1, 0.15) is 5.75 Å². The van der Waals surface area contributed by atoms with Crippen LogP contribution in [0.25, 0.3) is 0 Å². The van der Waals surface area contributed by atoms with Crippen LogP contribution in [0.1, 0.15) is 36.5 Å². The summed E-state index contributed by atoms with van der Waals surface area (Å²) in [5.41, 5.74) is 0.301. The Morgan fingerprint density at radius 3 is 2.55 bits per heavy atom. The lowest BCUT2D eigenvalue weighted by atomic mass is 10.1. The second-order valence-electron chi connectivity index (χ2n) is 4.49. The van der Waals surface area contributed by atoms with Gasteiger partial charge in [0.25, 0.3) is 0 Å². The molecule has 0 aliphatic carbocycles. The number of hydrogen-bond donors (Lipinski definition) is 2. The van der Waals surface area contributed by atoms with Gasteiger partial charge in [-0.05, 0) is 24.6 Å². The number of amides is 1. The summed E-state index contributed by atoms with van der Waals surface area (Å²) in [4.78, 5) is 33.8. The van der Waals surface area contributed by atoms with Crippen molar-refractivity contribution in [2.75, 3.05) is 19.0 Å². The Kier molecular flexibility index (Phi) is 6.88. The summed E-state index contributed by atoms with van der Waals surface area (Å²) in [7, 11) is 1.24. The molecule has 0 aliphatic rings. The third-order valence-corrected chi connectivity index (χ3v) is 2.75. The predicted octanol–water partition coefficient (Wildman–Crippen LogP) is 2.07. The predicted molar refractivity (Wildman–Crippen MR) is 79.1 cm³/mol. The van der Waals surface area contributed by atoms with E-state index in [0.29, 0.717) is 12.4 Å². The van der Waals surface area contributed by atoms with Crippen molar-refractivity contribution in [2.45, 2.75) is 26.2 Å². The third kappa shape index (κ3) is 5.43. The lowest BCUT2D eigenvalue weighted by Crippen LogP contribution is -2.15. The Balaban J connectivity index is 2.84. The van der Waals surface area contributed by atoms with Gasteiger partial charge in [-0.2, -0.15) is 0 Å². The lowest BCUT2D eigenvalue weighted by molar-refractivity contribution is -0.141. The third-order valence-electron chi connectivity index (χ3n) is 2.75. The number of carbonyl (C=O) groups is 3. The molecule has 0 radical (unpaired) electrons. The van der Waals surface area contributed by atoms with Crippen LogP contribution in [0, 0.1) is 0 Å². The van der Waals surface area contributed by atoms with Gasteiger partial charge in [0.2, 0.25) is 5.91 Å². The molecule has 0 fully saturated rings. The zero-order chi connectivity index (χ0) is 16.5. The summed E-state index contributed by atoms with van der Waals surface area (Å²) < 4.78 is 9.93. The molecule has 2 N–H and O–H groups in total. The van der Waals surface area contributed by atoms with E-state index in [4.69, 9.17) is 9.84 Å². The van der Waals surface area contributed by atoms with Crippen LogP contribution in [0.15, 0.2) is 18.2 Å². The number of carbonyl (C=O) groups excluding carboxylic acids is 2. The first-order valence-electron chi connectivity index (χ1n) is 6.84. The van der Waals surface area contributed by atoms with E-state index in [-0.39, 0.29) is 24.1 Å². The number of methoxy groups -OCH3 is 1. The quantitative estimate of drug-likeness (QED) is 0.713. The van der Waals surface area contributed by atoms with Crippen LogP contribution < -0.4 is 10.1 Å². The van der Waals surface area contributed by atoms with E-state index in [1.165, 1.54) is 25.3 Å². The fourth-order valence-electron chi connectivity index (χ4n) is 1.63. The molecule has 0 spiro atoms. The summed E-state index contributed by atoms with van der Waals surface area (Å²) in [6.45, 7) is 2.37. The minimum absolute atomic E-state index is 0.0344. The molecule has 1 rings (SSSR count). The summed E-state index contributed by atoms with van der Waals surface area (Å²) in [6.07, 6.45) is 0.666. The molecular weight excluding hydrogens is 290 g/mol. The second-order valence-corrected chi connectivity index (χ2v) is 4.49. The highest BCUT2D eigenvalue weighted by Crippen LogP contribution is 2.26. The van der Waals surface area contributed by atoms with Gasteiger partial charge in [-0.25, -0.2) is 4.79 Å². The number of carboxylic acids is 1. The normalized spacial score (nSPS) is 9.91. The topological polar surface area (TPSA) is 102 Å². The molecule has 1 amide bonds. The van der Waals surface area contributed by atoms with E-state index < -0.39 is 17.8 Å². The first kappa shape index (κ1) is 17.5. The highest BCUT2D eigenvalue weighted by molar-refractivity contribution is 5.96. The molecule has 0 aliphatic heterocycles. The van der Waals surface area contributed by atoms with Crippen LogP contribution in [-0.2, 0) is 14.3 Å². The summed E-state index contributed by atoms with van der Waals surface area (Å²) in [6, 6.07) is 4.22. The molecule has 0 saturated carbocycles. The number of hydrogen-bond acceptors (Lipinski definition) is 5. The molecule has 0 aromatic heterocycles. The van der Waals surface area contributed by atoms with E-state index >= 15 is 0 Å². The van der Waals surface area contributed by atoms with Crippen LogP contribution in [0.3, 0.4) is 0 Å². The molecule has 1 aromatic carbocycles. The smallest absolute Gasteiger partial charge is 0.335 e. The Morgan fingerprint density at radius 1 is 1.23 bits per heavy atom. The average molecular weight is 309 g/mol. The molecule has 22 heavy (non-hydrogen) atoms. The molecular formula is C15H19NO6. The molecule has 1 aromatic rings. The van der Waals surface area contributed by atoms with Crippen molar-refractivity contribution in [3.8, 4) is 5.75 Å². The SMILES string of the molecule is CCCOc1ccc(C(=O)O)cc1NC(=O)CCC(=O)OC. The van der Waals surface area contributed by atoms with E-state index in [0.717, 1.165) is 6.42 Å². The van der Waals surface area contributed by atoms with E-state index in [1.807, 2.05) is 6.92 Å². The number of nitrogens with one attached hydrogen (secondary N) is 1. The molecule has 120 valence electrons. The highest BCUT2D eigenvalue weighted by Gasteiger charge is 2.13. The first-order chi connectivity index (χ1) is 10.5. The van der Waals surface area contributed by atoms with Gasteiger partial charge in [-0.3, -0.25) is 9.59 Å². The number of ether oxygens (including phenoxy) is 2. The first-order valence-corrected chi connectivity index (χ1v) is 6.84. The molecule has 0 atom stereocenters. The Bertz CT molecular complexity index is 555. The zero-order valence-electron chi connectivity index (χ0n) is 12.5. The monoisotopic (exact) mass is 309 g/mol.